The highest BCUT2D eigenvalue weighted by Gasteiger charge is 2.36. The van der Waals surface area contributed by atoms with Crippen molar-refractivity contribution in [2.75, 3.05) is 80.4 Å². The Kier molecular flexibility index (Phi) is 9.84. The Morgan fingerprint density at radius 1 is 0.980 bits per heavy atom. The summed E-state index contributed by atoms with van der Waals surface area (Å²) in [6.45, 7) is 12.4. The number of piperidine rings is 1. The van der Waals surface area contributed by atoms with Gasteiger partial charge in [0.2, 0.25) is 5.95 Å². The topological polar surface area (TPSA) is 90.1 Å². The van der Waals surface area contributed by atoms with E-state index in [-0.39, 0.29) is 18.3 Å². The molecule has 0 radical (unpaired) electrons. The van der Waals surface area contributed by atoms with Gasteiger partial charge in [0.15, 0.2) is 0 Å². The first-order valence-electron chi connectivity index (χ1n) is 17.2. The number of benzene rings is 2. The summed E-state index contributed by atoms with van der Waals surface area (Å²) in [5, 5.41) is 9.21. The third-order valence-corrected chi connectivity index (χ3v) is 10.3. The summed E-state index contributed by atoms with van der Waals surface area (Å²) in [5.41, 5.74) is 4.35. The van der Waals surface area contributed by atoms with Crippen LogP contribution in [0, 0.1) is 0 Å². The molecule has 7 rings (SSSR count). The molecule has 1 aromatic heterocycles. The Labute approximate surface area is 285 Å². The lowest BCUT2D eigenvalue weighted by atomic mass is 10.0. The molecule has 3 N–H and O–H groups in total. The molecule has 10 nitrogen and oxygen atoms in total. The van der Waals surface area contributed by atoms with Gasteiger partial charge in [-0.15, -0.1) is 0 Å². The van der Waals surface area contributed by atoms with E-state index in [1.165, 1.54) is 0 Å². The largest absolute Gasteiger partial charge is 0.494 e. The highest BCUT2D eigenvalue weighted by molar-refractivity contribution is 5.69. The molecule has 0 spiro atoms. The van der Waals surface area contributed by atoms with Gasteiger partial charge in [0.05, 0.1) is 12.8 Å². The molecule has 0 amide bonds. The minimum absolute atomic E-state index is 0.0348. The van der Waals surface area contributed by atoms with Gasteiger partial charge in [0.1, 0.15) is 17.1 Å². The van der Waals surface area contributed by atoms with Crippen LogP contribution in [0.4, 0.5) is 42.0 Å². The number of methoxy groups -OCH3 is 1. The van der Waals surface area contributed by atoms with Crippen LogP contribution in [-0.2, 0) is 23.9 Å². The average molecular weight is 679 g/mol. The fraction of sp³-hybridized carbons (Fsp3) is 0.500. The van der Waals surface area contributed by atoms with Crippen LogP contribution in [0.2, 0.25) is 0 Å². The van der Waals surface area contributed by atoms with Crippen LogP contribution < -0.4 is 25.6 Å². The van der Waals surface area contributed by atoms with Crippen LogP contribution in [-0.4, -0.2) is 91.4 Å². The van der Waals surface area contributed by atoms with E-state index in [9.17, 15) is 13.2 Å². The SMILES string of the molecule is C=C1Cc2c(CNc3nc(Nc4ccc(N5CCC(N6CCN(C7CCOCC7)CC6)CC5)cc4OC)ncc3C(F)(F)F)cccc2N1. The molecule has 4 aliphatic rings. The number of allylic oxidation sites excluding steroid dienone is 1. The van der Waals surface area contributed by atoms with E-state index in [2.05, 4.69) is 47.2 Å². The van der Waals surface area contributed by atoms with E-state index >= 15 is 0 Å². The highest BCUT2D eigenvalue weighted by Crippen LogP contribution is 2.37. The van der Waals surface area contributed by atoms with Gasteiger partial charge in [-0.25, -0.2) is 4.98 Å². The molecule has 3 saturated heterocycles. The summed E-state index contributed by atoms with van der Waals surface area (Å²) in [6, 6.07) is 12.8. The first kappa shape index (κ1) is 33.4. The van der Waals surface area contributed by atoms with Crippen LogP contribution in [0.15, 0.2) is 54.9 Å². The van der Waals surface area contributed by atoms with Crippen molar-refractivity contribution in [3.05, 3.63) is 71.6 Å². The summed E-state index contributed by atoms with van der Waals surface area (Å²) in [4.78, 5) is 16.0. The van der Waals surface area contributed by atoms with E-state index < -0.39 is 11.7 Å². The fourth-order valence-corrected chi connectivity index (χ4v) is 7.64. The maximum atomic E-state index is 14.0. The number of ether oxygens (including phenoxy) is 2. The zero-order valence-corrected chi connectivity index (χ0v) is 28.0. The first-order chi connectivity index (χ1) is 23.7. The summed E-state index contributed by atoms with van der Waals surface area (Å²) < 4.78 is 53.2. The van der Waals surface area contributed by atoms with Gasteiger partial charge in [0, 0.05) is 107 Å². The van der Waals surface area contributed by atoms with Gasteiger partial charge in [0.25, 0.3) is 0 Å². The molecule has 3 fully saturated rings. The Morgan fingerprint density at radius 3 is 2.39 bits per heavy atom. The number of rotatable bonds is 9. The lowest BCUT2D eigenvalue weighted by Crippen LogP contribution is -2.55. The van der Waals surface area contributed by atoms with Crippen molar-refractivity contribution in [3.8, 4) is 5.75 Å². The Hall–Kier alpha value is -4.07. The van der Waals surface area contributed by atoms with Gasteiger partial charge in [-0.2, -0.15) is 18.2 Å². The number of fused-ring (bicyclic) bond motifs is 1. The maximum absolute atomic E-state index is 14.0. The monoisotopic (exact) mass is 678 g/mol. The van der Waals surface area contributed by atoms with E-state index in [1.807, 2.05) is 36.4 Å². The van der Waals surface area contributed by atoms with Crippen molar-refractivity contribution in [2.24, 2.45) is 0 Å². The lowest BCUT2D eigenvalue weighted by molar-refractivity contribution is -0.137. The molecule has 13 heteroatoms. The standard InChI is InChI=1S/C36H45F3N8O2/c1-24-20-29-25(4-3-5-31(29)42-24)22-40-34-30(36(37,38)39)23-41-35(44-34)43-32-7-6-28(21-33(32)48-2)45-12-8-26(9-13-45)46-14-16-47(17-15-46)27-10-18-49-19-11-27/h3-7,21,23,26-27,42H,1,8-20,22H2,2H3,(H2,40,41,43,44). The zero-order valence-electron chi connectivity index (χ0n) is 28.0. The van der Waals surface area contributed by atoms with Crippen LogP contribution in [0.3, 0.4) is 0 Å². The number of nitrogens with zero attached hydrogens (tertiary/aromatic N) is 5. The molecule has 5 heterocycles. The molecule has 262 valence electrons. The van der Waals surface area contributed by atoms with Crippen molar-refractivity contribution in [2.45, 2.75) is 56.9 Å². The second-order valence-corrected chi connectivity index (χ2v) is 13.3. The van der Waals surface area contributed by atoms with Crippen LogP contribution in [0.5, 0.6) is 5.75 Å². The minimum atomic E-state index is -4.62. The Balaban J connectivity index is 0.982. The summed E-state index contributed by atoms with van der Waals surface area (Å²) in [5.74, 6) is 0.304. The van der Waals surface area contributed by atoms with Crippen molar-refractivity contribution >= 4 is 28.8 Å². The zero-order chi connectivity index (χ0) is 34.0. The molecule has 3 aromatic rings. The van der Waals surface area contributed by atoms with Gasteiger partial charge >= 0.3 is 6.18 Å². The number of aromatic nitrogens is 2. The third kappa shape index (κ3) is 7.58. The van der Waals surface area contributed by atoms with E-state index in [1.54, 1.807) is 7.11 Å². The smallest absolute Gasteiger partial charge is 0.421 e. The highest BCUT2D eigenvalue weighted by atomic mass is 19.4. The second kappa shape index (κ2) is 14.4. The molecule has 0 saturated carbocycles. The minimum Gasteiger partial charge on any atom is -0.494 e. The molecule has 49 heavy (non-hydrogen) atoms. The Morgan fingerprint density at radius 2 is 1.69 bits per heavy atom. The van der Waals surface area contributed by atoms with Gasteiger partial charge < -0.3 is 30.3 Å². The van der Waals surface area contributed by atoms with Crippen molar-refractivity contribution < 1.29 is 22.6 Å². The fourth-order valence-electron chi connectivity index (χ4n) is 7.64. The quantitative estimate of drug-likeness (QED) is 0.247. The number of nitrogens with one attached hydrogen (secondary N) is 3. The summed E-state index contributed by atoms with van der Waals surface area (Å²) >= 11 is 0. The molecule has 0 unspecified atom stereocenters. The van der Waals surface area contributed by atoms with Crippen LogP contribution in [0.25, 0.3) is 0 Å². The molecule has 0 atom stereocenters. The number of anilines is 5. The molecule has 2 aromatic carbocycles. The van der Waals surface area contributed by atoms with Crippen molar-refractivity contribution in [3.63, 3.8) is 0 Å². The van der Waals surface area contributed by atoms with Crippen molar-refractivity contribution in [1.82, 2.24) is 19.8 Å². The van der Waals surface area contributed by atoms with Crippen LogP contribution in [0.1, 0.15) is 42.4 Å². The normalized spacial score (nSPS) is 19.8. The number of halogens is 3. The molecular formula is C36H45F3N8O2. The van der Waals surface area contributed by atoms with Crippen molar-refractivity contribution in [1.29, 1.82) is 0 Å². The molecule has 0 bridgehead atoms. The van der Waals surface area contributed by atoms with Gasteiger partial charge in [-0.3, -0.25) is 9.80 Å². The maximum Gasteiger partial charge on any atom is 0.421 e. The molecule has 4 aliphatic heterocycles. The van der Waals surface area contributed by atoms with E-state index in [0.29, 0.717) is 29.9 Å². The molecular weight excluding hydrogens is 633 g/mol. The first-order valence-corrected chi connectivity index (χ1v) is 17.2. The Bertz CT molecular complexity index is 1630. The number of hydrogen-bond donors (Lipinski definition) is 3. The summed E-state index contributed by atoms with van der Waals surface area (Å²) in [7, 11) is 1.58. The summed E-state index contributed by atoms with van der Waals surface area (Å²) in [6.07, 6.45) is 1.32. The number of hydrogen-bond acceptors (Lipinski definition) is 10. The van der Waals surface area contributed by atoms with E-state index in [4.69, 9.17) is 9.47 Å². The average Bonchev–Trinajstić information content (AvgIpc) is 3.52. The lowest BCUT2D eigenvalue weighted by Gasteiger charge is -2.45. The third-order valence-electron chi connectivity index (χ3n) is 10.3. The second-order valence-electron chi connectivity index (χ2n) is 13.3. The van der Waals surface area contributed by atoms with Gasteiger partial charge in [-0.05, 0) is 55.0 Å². The number of alkyl halides is 3. The van der Waals surface area contributed by atoms with Gasteiger partial charge in [-0.1, -0.05) is 18.7 Å². The molecule has 0 aliphatic carbocycles. The number of piperazine rings is 1. The van der Waals surface area contributed by atoms with Crippen LogP contribution >= 0.6 is 0 Å². The van der Waals surface area contributed by atoms with E-state index in [0.717, 1.165) is 113 Å². The predicted octanol–water partition coefficient (Wildman–Crippen LogP) is 6.11. The predicted molar refractivity (Wildman–Crippen MR) is 186 cm³/mol.